The summed E-state index contributed by atoms with van der Waals surface area (Å²) >= 11 is 0. The molecule has 1 aliphatic carbocycles. The van der Waals surface area contributed by atoms with Gasteiger partial charge >= 0.3 is 0 Å². The number of carbonyl (C=O) groups excluding carboxylic acids is 1. The van der Waals surface area contributed by atoms with Crippen molar-refractivity contribution in [3.8, 4) is 0 Å². The number of hydrogen-bond acceptors (Lipinski definition) is 3. The molecule has 0 radical (unpaired) electrons. The lowest BCUT2D eigenvalue weighted by atomic mass is 10.1. The minimum Gasteiger partial charge on any atom is -0.398 e. The molecule has 1 amide bonds. The highest BCUT2D eigenvalue weighted by Crippen LogP contribution is 2.24. The third-order valence-corrected chi connectivity index (χ3v) is 3.82. The Kier molecular flexibility index (Phi) is 4.80. The second-order valence-electron chi connectivity index (χ2n) is 5.12. The van der Waals surface area contributed by atoms with Crippen LogP contribution < -0.4 is 5.73 Å². The molecule has 0 unspecified atom stereocenters. The van der Waals surface area contributed by atoms with E-state index in [1.165, 1.54) is 12.8 Å². The first-order valence-corrected chi connectivity index (χ1v) is 6.96. The minimum absolute atomic E-state index is 0.0203. The average Bonchev–Trinajstić information content (AvgIpc) is 2.92. The number of rotatable bonds is 5. The first-order chi connectivity index (χ1) is 9.22. The number of nitrogens with two attached hydrogens (primary N) is 1. The molecule has 0 aromatic heterocycles. The van der Waals surface area contributed by atoms with Gasteiger partial charge in [-0.2, -0.15) is 0 Å². The number of nitrogen functional groups attached to an aromatic ring is 1. The van der Waals surface area contributed by atoms with Gasteiger partial charge in [-0.1, -0.05) is 31.0 Å². The van der Waals surface area contributed by atoms with Crippen molar-refractivity contribution >= 4 is 11.6 Å². The van der Waals surface area contributed by atoms with Crippen molar-refractivity contribution < 1.29 is 9.90 Å². The maximum atomic E-state index is 12.4. The predicted molar refractivity (Wildman–Crippen MR) is 75.6 cm³/mol. The summed E-state index contributed by atoms with van der Waals surface area (Å²) in [6.45, 7) is 0.447. The van der Waals surface area contributed by atoms with Crippen LogP contribution in [-0.4, -0.2) is 35.1 Å². The Hall–Kier alpha value is -1.55. The van der Waals surface area contributed by atoms with E-state index < -0.39 is 0 Å². The summed E-state index contributed by atoms with van der Waals surface area (Å²) in [5, 5.41) is 9.15. The molecule has 1 fully saturated rings. The van der Waals surface area contributed by atoms with Crippen LogP contribution in [0.15, 0.2) is 24.3 Å². The number of benzene rings is 1. The average molecular weight is 262 g/mol. The monoisotopic (exact) mass is 262 g/mol. The van der Waals surface area contributed by atoms with E-state index in [4.69, 9.17) is 10.8 Å². The molecule has 1 aliphatic rings. The van der Waals surface area contributed by atoms with Crippen molar-refractivity contribution in [3.05, 3.63) is 29.8 Å². The highest BCUT2D eigenvalue weighted by Gasteiger charge is 2.26. The Morgan fingerprint density at radius 1 is 1.32 bits per heavy atom. The second kappa shape index (κ2) is 6.57. The molecule has 104 valence electrons. The summed E-state index contributed by atoms with van der Waals surface area (Å²) in [5.74, 6) is 0.0684. The van der Waals surface area contributed by atoms with E-state index in [2.05, 4.69) is 0 Å². The third kappa shape index (κ3) is 3.47. The van der Waals surface area contributed by atoms with Gasteiger partial charge in [0.15, 0.2) is 0 Å². The molecule has 2 rings (SSSR count). The zero-order valence-corrected chi connectivity index (χ0v) is 11.2. The van der Waals surface area contributed by atoms with Crippen LogP contribution in [0.5, 0.6) is 0 Å². The predicted octanol–water partition coefficient (Wildman–Crippen LogP) is 1.57. The minimum atomic E-state index is 0.0203. The van der Waals surface area contributed by atoms with Gasteiger partial charge < -0.3 is 15.7 Å². The third-order valence-electron chi connectivity index (χ3n) is 3.82. The van der Waals surface area contributed by atoms with Crippen LogP contribution in [0.2, 0.25) is 0 Å². The van der Waals surface area contributed by atoms with Crippen LogP contribution in [0.1, 0.15) is 31.2 Å². The molecule has 0 heterocycles. The van der Waals surface area contributed by atoms with Gasteiger partial charge in [-0.25, -0.2) is 0 Å². The molecule has 0 spiro atoms. The molecule has 1 aromatic rings. The Labute approximate surface area is 114 Å². The van der Waals surface area contributed by atoms with Gasteiger partial charge in [-0.15, -0.1) is 0 Å². The normalized spacial score (nSPS) is 15.6. The number of nitrogens with zero attached hydrogens (tertiary/aromatic N) is 1. The van der Waals surface area contributed by atoms with Gasteiger partial charge in [0.2, 0.25) is 5.91 Å². The smallest absolute Gasteiger partial charge is 0.227 e. The quantitative estimate of drug-likeness (QED) is 0.792. The maximum absolute atomic E-state index is 12.4. The number of anilines is 1. The van der Waals surface area contributed by atoms with Gasteiger partial charge in [0.25, 0.3) is 0 Å². The summed E-state index contributed by atoms with van der Waals surface area (Å²) in [4.78, 5) is 14.2. The SMILES string of the molecule is Nc1ccccc1CC(=O)N(CCO)C1CCCC1. The Balaban J connectivity index is 2.05. The van der Waals surface area contributed by atoms with Gasteiger partial charge in [0, 0.05) is 18.3 Å². The van der Waals surface area contributed by atoms with Crippen LogP contribution in [0.25, 0.3) is 0 Å². The maximum Gasteiger partial charge on any atom is 0.227 e. The number of para-hydroxylation sites is 1. The summed E-state index contributed by atoms with van der Waals surface area (Å²) in [6, 6.07) is 7.76. The molecule has 0 aliphatic heterocycles. The summed E-state index contributed by atoms with van der Waals surface area (Å²) < 4.78 is 0. The fourth-order valence-electron chi connectivity index (χ4n) is 2.79. The van der Waals surface area contributed by atoms with Crippen molar-refractivity contribution in [2.24, 2.45) is 0 Å². The van der Waals surface area contributed by atoms with E-state index in [0.717, 1.165) is 18.4 Å². The Morgan fingerprint density at radius 2 is 2.00 bits per heavy atom. The van der Waals surface area contributed by atoms with E-state index in [1.54, 1.807) is 0 Å². The molecule has 19 heavy (non-hydrogen) atoms. The highest BCUT2D eigenvalue weighted by molar-refractivity contribution is 5.80. The molecule has 0 bridgehead atoms. The standard InChI is InChI=1S/C15H22N2O2/c16-14-8-4-1-5-12(14)11-15(19)17(9-10-18)13-6-2-3-7-13/h1,4-5,8,13,18H,2-3,6-7,9-11,16H2. The zero-order chi connectivity index (χ0) is 13.7. The van der Waals surface area contributed by atoms with E-state index in [0.29, 0.717) is 24.7 Å². The molecular formula is C15H22N2O2. The van der Waals surface area contributed by atoms with E-state index in [-0.39, 0.29) is 12.5 Å². The molecule has 1 aromatic carbocycles. The van der Waals surface area contributed by atoms with Gasteiger partial charge in [-0.05, 0) is 24.5 Å². The van der Waals surface area contributed by atoms with Crippen LogP contribution >= 0.6 is 0 Å². The first kappa shape index (κ1) is 13.9. The van der Waals surface area contributed by atoms with Crippen molar-refractivity contribution in [1.29, 1.82) is 0 Å². The number of carbonyl (C=O) groups is 1. The summed E-state index contributed by atoms with van der Waals surface area (Å²) in [7, 11) is 0. The van der Waals surface area contributed by atoms with Crippen LogP contribution in [0.4, 0.5) is 5.69 Å². The zero-order valence-electron chi connectivity index (χ0n) is 11.2. The highest BCUT2D eigenvalue weighted by atomic mass is 16.3. The van der Waals surface area contributed by atoms with Gasteiger partial charge in [0.05, 0.1) is 13.0 Å². The van der Waals surface area contributed by atoms with E-state index >= 15 is 0 Å². The van der Waals surface area contributed by atoms with Gasteiger partial charge in [-0.3, -0.25) is 4.79 Å². The number of aliphatic hydroxyl groups excluding tert-OH is 1. The topological polar surface area (TPSA) is 66.6 Å². The van der Waals surface area contributed by atoms with Crippen LogP contribution in [0, 0.1) is 0 Å². The van der Waals surface area contributed by atoms with Crippen molar-refractivity contribution in [3.63, 3.8) is 0 Å². The van der Waals surface area contributed by atoms with Crippen molar-refractivity contribution in [2.45, 2.75) is 38.1 Å². The molecule has 4 nitrogen and oxygen atoms in total. The van der Waals surface area contributed by atoms with Crippen LogP contribution in [0.3, 0.4) is 0 Å². The van der Waals surface area contributed by atoms with Crippen LogP contribution in [-0.2, 0) is 11.2 Å². The van der Waals surface area contributed by atoms with Crippen molar-refractivity contribution in [1.82, 2.24) is 4.90 Å². The van der Waals surface area contributed by atoms with Gasteiger partial charge in [0.1, 0.15) is 0 Å². The lowest BCUT2D eigenvalue weighted by molar-refractivity contribution is -0.133. The Morgan fingerprint density at radius 3 is 2.63 bits per heavy atom. The molecule has 4 heteroatoms. The first-order valence-electron chi connectivity index (χ1n) is 6.96. The van der Waals surface area contributed by atoms with E-state index in [1.807, 2.05) is 29.2 Å². The number of hydrogen-bond donors (Lipinski definition) is 2. The molecular weight excluding hydrogens is 240 g/mol. The Bertz CT molecular complexity index is 428. The summed E-state index contributed by atoms with van der Waals surface area (Å²) in [6.07, 6.45) is 4.77. The molecule has 0 atom stereocenters. The number of amides is 1. The molecule has 3 N–H and O–H groups in total. The fourth-order valence-corrected chi connectivity index (χ4v) is 2.79. The van der Waals surface area contributed by atoms with E-state index in [9.17, 15) is 4.79 Å². The number of aliphatic hydroxyl groups is 1. The lowest BCUT2D eigenvalue weighted by Gasteiger charge is -2.28. The lowest BCUT2D eigenvalue weighted by Crippen LogP contribution is -2.41. The molecule has 1 saturated carbocycles. The second-order valence-corrected chi connectivity index (χ2v) is 5.12. The largest absolute Gasteiger partial charge is 0.398 e. The molecule has 0 saturated heterocycles. The van der Waals surface area contributed by atoms with Crippen molar-refractivity contribution in [2.75, 3.05) is 18.9 Å². The summed E-state index contributed by atoms with van der Waals surface area (Å²) in [5.41, 5.74) is 7.40. The fraction of sp³-hybridized carbons (Fsp3) is 0.533.